The van der Waals surface area contributed by atoms with E-state index < -0.39 is 5.97 Å². The van der Waals surface area contributed by atoms with Gasteiger partial charge in [-0.15, -0.1) is 0 Å². The van der Waals surface area contributed by atoms with Gasteiger partial charge in [0.15, 0.2) is 6.61 Å². The number of hydrogen-bond acceptors (Lipinski definition) is 3. The Hall–Kier alpha value is -2.82. The summed E-state index contributed by atoms with van der Waals surface area (Å²) in [6.45, 7) is 1.33. The molecule has 2 aromatic rings. The number of likely N-dealkylation sites (tertiary alicyclic amines) is 1. The second-order valence-electron chi connectivity index (χ2n) is 6.21. The highest BCUT2D eigenvalue weighted by Gasteiger charge is 2.25. The molecule has 1 fully saturated rings. The van der Waals surface area contributed by atoms with Crippen LogP contribution >= 0.6 is 0 Å². The zero-order valence-electron chi connectivity index (χ0n) is 13.9. The average Bonchev–Trinajstić information content (AvgIpc) is 2.67. The molecule has 1 saturated heterocycles. The number of piperidine rings is 1. The summed E-state index contributed by atoms with van der Waals surface area (Å²) in [4.78, 5) is 25.4. The highest BCUT2D eigenvalue weighted by Crippen LogP contribution is 2.27. The van der Waals surface area contributed by atoms with Gasteiger partial charge in [0, 0.05) is 19.0 Å². The van der Waals surface area contributed by atoms with Crippen molar-refractivity contribution in [2.24, 2.45) is 0 Å². The maximum atomic E-state index is 12.4. The van der Waals surface area contributed by atoms with E-state index in [1.54, 1.807) is 18.2 Å². The third kappa shape index (κ3) is 4.38. The van der Waals surface area contributed by atoms with Gasteiger partial charge < -0.3 is 14.7 Å². The SMILES string of the molecule is O=C(O)c1cccc([C@H]2CCCN(C(=O)COc3ccccc3)C2)c1. The fourth-order valence-corrected chi connectivity index (χ4v) is 3.15. The maximum absolute atomic E-state index is 12.4. The Bertz CT molecular complexity index is 744. The molecule has 1 amide bonds. The van der Waals surface area contributed by atoms with Gasteiger partial charge in [0.25, 0.3) is 5.91 Å². The Balaban J connectivity index is 1.61. The van der Waals surface area contributed by atoms with E-state index in [-0.39, 0.29) is 24.0 Å². The molecule has 0 unspecified atom stereocenters. The smallest absolute Gasteiger partial charge is 0.335 e. The third-order valence-electron chi connectivity index (χ3n) is 4.48. The van der Waals surface area contributed by atoms with Gasteiger partial charge in [0.2, 0.25) is 0 Å². The maximum Gasteiger partial charge on any atom is 0.335 e. The average molecular weight is 339 g/mol. The van der Waals surface area contributed by atoms with Crippen LogP contribution in [0.25, 0.3) is 0 Å². The number of para-hydroxylation sites is 1. The molecule has 2 aromatic carbocycles. The van der Waals surface area contributed by atoms with Gasteiger partial charge in [0.1, 0.15) is 5.75 Å². The minimum Gasteiger partial charge on any atom is -0.484 e. The number of carboxylic acid groups (broad SMARTS) is 1. The van der Waals surface area contributed by atoms with Gasteiger partial charge in [-0.05, 0) is 42.7 Å². The first-order valence-electron chi connectivity index (χ1n) is 8.42. The summed E-state index contributed by atoms with van der Waals surface area (Å²) in [6.07, 6.45) is 1.85. The molecule has 130 valence electrons. The van der Waals surface area contributed by atoms with E-state index in [2.05, 4.69) is 0 Å². The number of nitrogens with zero attached hydrogens (tertiary/aromatic N) is 1. The minimum atomic E-state index is -0.929. The standard InChI is InChI=1S/C20H21NO4/c22-19(14-25-18-9-2-1-3-10-18)21-11-5-8-17(13-21)15-6-4-7-16(12-15)20(23)24/h1-4,6-7,9-10,12,17H,5,8,11,13-14H2,(H,23,24)/t17-/m0/s1. The number of rotatable bonds is 5. The van der Waals surface area contributed by atoms with Crippen LogP contribution in [0.4, 0.5) is 0 Å². The molecular formula is C20H21NO4. The summed E-state index contributed by atoms with van der Waals surface area (Å²) in [5.74, 6) is -0.128. The van der Waals surface area contributed by atoms with Gasteiger partial charge in [-0.1, -0.05) is 30.3 Å². The third-order valence-corrected chi connectivity index (χ3v) is 4.48. The Morgan fingerprint density at radius 2 is 1.92 bits per heavy atom. The predicted octanol–water partition coefficient (Wildman–Crippen LogP) is 3.17. The van der Waals surface area contributed by atoms with Crippen molar-refractivity contribution in [1.29, 1.82) is 0 Å². The van der Waals surface area contributed by atoms with E-state index in [1.165, 1.54) is 0 Å². The number of benzene rings is 2. The van der Waals surface area contributed by atoms with Crippen molar-refractivity contribution in [2.45, 2.75) is 18.8 Å². The summed E-state index contributed by atoms with van der Waals surface area (Å²) >= 11 is 0. The molecule has 5 nitrogen and oxygen atoms in total. The Kier molecular flexibility index (Phi) is 5.33. The van der Waals surface area contributed by atoms with Crippen LogP contribution in [-0.2, 0) is 4.79 Å². The van der Waals surface area contributed by atoms with Gasteiger partial charge >= 0.3 is 5.97 Å². The molecule has 0 aliphatic carbocycles. The van der Waals surface area contributed by atoms with E-state index in [1.807, 2.05) is 41.3 Å². The molecule has 1 atom stereocenters. The number of hydrogen-bond donors (Lipinski definition) is 1. The fourth-order valence-electron chi connectivity index (χ4n) is 3.15. The van der Waals surface area contributed by atoms with Crippen LogP contribution in [0.5, 0.6) is 5.75 Å². The van der Waals surface area contributed by atoms with Gasteiger partial charge in [0.05, 0.1) is 5.56 Å². The van der Waals surface area contributed by atoms with E-state index in [0.717, 1.165) is 18.4 Å². The Morgan fingerprint density at radius 3 is 2.68 bits per heavy atom. The lowest BCUT2D eigenvalue weighted by molar-refractivity contribution is -0.134. The highest BCUT2D eigenvalue weighted by atomic mass is 16.5. The monoisotopic (exact) mass is 339 g/mol. The summed E-state index contributed by atoms with van der Waals surface area (Å²) in [7, 11) is 0. The first-order valence-corrected chi connectivity index (χ1v) is 8.42. The van der Waals surface area contributed by atoms with Crippen molar-refractivity contribution in [3.63, 3.8) is 0 Å². The number of ether oxygens (including phenoxy) is 1. The lowest BCUT2D eigenvalue weighted by Crippen LogP contribution is -2.41. The Labute approximate surface area is 146 Å². The number of amides is 1. The van der Waals surface area contributed by atoms with Crippen LogP contribution in [-0.4, -0.2) is 41.6 Å². The minimum absolute atomic E-state index is 0.0197. The molecule has 0 bridgehead atoms. The molecule has 1 heterocycles. The summed E-state index contributed by atoms with van der Waals surface area (Å²) in [6, 6.07) is 16.3. The van der Waals surface area contributed by atoms with Crippen molar-refractivity contribution >= 4 is 11.9 Å². The second kappa shape index (κ2) is 7.83. The molecule has 0 radical (unpaired) electrons. The normalized spacial score (nSPS) is 17.1. The second-order valence-corrected chi connectivity index (χ2v) is 6.21. The molecule has 3 rings (SSSR count). The van der Waals surface area contributed by atoms with Crippen LogP contribution in [0.15, 0.2) is 54.6 Å². The van der Waals surface area contributed by atoms with Gasteiger partial charge in [-0.2, -0.15) is 0 Å². The summed E-state index contributed by atoms with van der Waals surface area (Å²) in [5, 5.41) is 9.15. The number of aromatic carboxylic acids is 1. The molecular weight excluding hydrogens is 318 g/mol. The van der Waals surface area contributed by atoms with Crippen molar-refractivity contribution in [3.05, 3.63) is 65.7 Å². The molecule has 1 aliphatic heterocycles. The van der Waals surface area contributed by atoms with E-state index >= 15 is 0 Å². The van der Waals surface area contributed by atoms with Crippen LogP contribution in [0, 0.1) is 0 Å². The van der Waals surface area contributed by atoms with Gasteiger partial charge in [-0.25, -0.2) is 4.79 Å². The molecule has 25 heavy (non-hydrogen) atoms. The lowest BCUT2D eigenvalue weighted by Gasteiger charge is -2.33. The predicted molar refractivity (Wildman–Crippen MR) is 93.9 cm³/mol. The first-order chi connectivity index (χ1) is 12.1. The van der Waals surface area contributed by atoms with Gasteiger partial charge in [-0.3, -0.25) is 4.79 Å². The van der Waals surface area contributed by atoms with Crippen LogP contribution in [0.3, 0.4) is 0 Å². The fraction of sp³-hybridized carbons (Fsp3) is 0.300. The number of carbonyl (C=O) groups excluding carboxylic acids is 1. The molecule has 5 heteroatoms. The van der Waals surface area contributed by atoms with Crippen LogP contribution < -0.4 is 4.74 Å². The first kappa shape index (κ1) is 17.0. The summed E-state index contributed by atoms with van der Waals surface area (Å²) < 4.78 is 5.54. The zero-order valence-corrected chi connectivity index (χ0v) is 13.9. The quantitative estimate of drug-likeness (QED) is 0.908. The van der Waals surface area contributed by atoms with Crippen LogP contribution in [0.2, 0.25) is 0 Å². The topological polar surface area (TPSA) is 66.8 Å². The van der Waals surface area contributed by atoms with Crippen molar-refractivity contribution in [3.8, 4) is 5.75 Å². The number of carbonyl (C=O) groups is 2. The molecule has 1 aliphatic rings. The highest BCUT2D eigenvalue weighted by molar-refractivity contribution is 5.87. The van der Waals surface area contributed by atoms with E-state index in [4.69, 9.17) is 9.84 Å². The largest absolute Gasteiger partial charge is 0.484 e. The molecule has 0 spiro atoms. The zero-order chi connectivity index (χ0) is 17.6. The van der Waals surface area contributed by atoms with Crippen molar-refractivity contribution in [1.82, 2.24) is 4.90 Å². The van der Waals surface area contributed by atoms with E-state index in [0.29, 0.717) is 18.8 Å². The lowest BCUT2D eigenvalue weighted by atomic mass is 9.89. The summed E-state index contributed by atoms with van der Waals surface area (Å²) in [5.41, 5.74) is 1.26. The van der Waals surface area contributed by atoms with Crippen molar-refractivity contribution in [2.75, 3.05) is 19.7 Å². The van der Waals surface area contributed by atoms with E-state index in [9.17, 15) is 9.59 Å². The molecule has 1 N–H and O–H groups in total. The molecule has 0 aromatic heterocycles. The number of carboxylic acids is 1. The Morgan fingerprint density at radius 1 is 1.12 bits per heavy atom. The van der Waals surface area contributed by atoms with Crippen LogP contribution in [0.1, 0.15) is 34.7 Å². The molecule has 0 saturated carbocycles. The van der Waals surface area contributed by atoms with Crippen molar-refractivity contribution < 1.29 is 19.4 Å².